The molecule has 1 N–H and O–H groups in total. The highest BCUT2D eigenvalue weighted by molar-refractivity contribution is 7.80. The SMILES string of the molecule is CC.Cc1ccc2[nH]cc(Cn3nc4c(c3-c3cc(S)cn3C)c(=O)n(C)c(=O)n4CC3CC3)c2c1. The molecule has 8 nitrogen and oxygen atoms in total. The number of aromatic amines is 1. The van der Waals surface area contributed by atoms with Crippen molar-refractivity contribution in [1.29, 1.82) is 0 Å². The molecule has 9 heteroatoms. The maximum atomic E-state index is 13.4. The van der Waals surface area contributed by atoms with E-state index in [4.69, 9.17) is 5.10 Å². The number of hydrogen-bond donors (Lipinski definition) is 2. The second kappa shape index (κ2) is 9.20. The van der Waals surface area contributed by atoms with Gasteiger partial charge in [0.2, 0.25) is 0 Å². The molecule has 0 saturated heterocycles. The first-order chi connectivity index (χ1) is 17.3. The van der Waals surface area contributed by atoms with Crippen molar-refractivity contribution in [3.63, 3.8) is 0 Å². The van der Waals surface area contributed by atoms with Gasteiger partial charge in [0.05, 0.1) is 12.2 Å². The van der Waals surface area contributed by atoms with Gasteiger partial charge in [0, 0.05) is 48.8 Å². The Bertz CT molecular complexity index is 1710. The second-order valence-corrected chi connectivity index (χ2v) is 9.98. The molecule has 1 fully saturated rings. The molecule has 36 heavy (non-hydrogen) atoms. The Morgan fingerprint density at radius 2 is 1.89 bits per heavy atom. The van der Waals surface area contributed by atoms with Gasteiger partial charge in [-0.25, -0.2) is 4.79 Å². The van der Waals surface area contributed by atoms with Gasteiger partial charge in [-0.15, -0.1) is 12.6 Å². The predicted molar refractivity (Wildman–Crippen MR) is 147 cm³/mol. The maximum Gasteiger partial charge on any atom is 0.332 e. The zero-order chi connectivity index (χ0) is 25.7. The Kier molecular flexibility index (Phi) is 6.20. The van der Waals surface area contributed by atoms with Gasteiger partial charge in [0.1, 0.15) is 11.1 Å². The molecule has 0 aliphatic heterocycles. The van der Waals surface area contributed by atoms with Crippen molar-refractivity contribution in [2.45, 2.75) is 51.6 Å². The third-order valence-electron chi connectivity index (χ3n) is 6.84. The summed E-state index contributed by atoms with van der Waals surface area (Å²) in [6.07, 6.45) is 6.09. The first kappa shape index (κ1) is 24.2. The molecule has 4 heterocycles. The van der Waals surface area contributed by atoms with Crippen molar-refractivity contribution >= 4 is 34.6 Å². The average Bonchev–Trinajstić information content (AvgIpc) is 3.36. The van der Waals surface area contributed by atoms with E-state index in [0.717, 1.165) is 39.9 Å². The van der Waals surface area contributed by atoms with Crippen LogP contribution in [0.2, 0.25) is 0 Å². The molecular formula is C27H32N6O2S. The highest BCUT2D eigenvalue weighted by Crippen LogP contribution is 2.33. The Morgan fingerprint density at radius 3 is 2.56 bits per heavy atom. The Morgan fingerprint density at radius 1 is 1.14 bits per heavy atom. The lowest BCUT2D eigenvalue weighted by molar-refractivity contribution is 0.572. The van der Waals surface area contributed by atoms with E-state index in [0.29, 0.717) is 35.7 Å². The van der Waals surface area contributed by atoms with Crippen LogP contribution < -0.4 is 11.2 Å². The minimum atomic E-state index is -0.329. The Hall–Kier alpha value is -3.46. The lowest BCUT2D eigenvalue weighted by Crippen LogP contribution is -2.38. The van der Waals surface area contributed by atoms with E-state index in [9.17, 15) is 9.59 Å². The molecule has 4 aromatic heterocycles. The quantitative estimate of drug-likeness (QED) is 0.347. The van der Waals surface area contributed by atoms with E-state index in [1.54, 1.807) is 11.6 Å². The molecule has 0 atom stereocenters. The van der Waals surface area contributed by atoms with Crippen LogP contribution in [0.4, 0.5) is 0 Å². The van der Waals surface area contributed by atoms with Crippen molar-refractivity contribution < 1.29 is 0 Å². The first-order valence-corrected chi connectivity index (χ1v) is 12.9. The van der Waals surface area contributed by atoms with Gasteiger partial charge in [-0.1, -0.05) is 25.5 Å². The molecule has 1 aliphatic rings. The summed E-state index contributed by atoms with van der Waals surface area (Å²) < 4.78 is 6.70. The molecule has 1 aromatic carbocycles. The highest BCUT2D eigenvalue weighted by atomic mass is 32.1. The zero-order valence-corrected chi connectivity index (χ0v) is 22.3. The average molecular weight is 505 g/mol. The molecule has 0 spiro atoms. The van der Waals surface area contributed by atoms with Gasteiger partial charge < -0.3 is 9.55 Å². The van der Waals surface area contributed by atoms with E-state index in [1.165, 1.54) is 10.1 Å². The van der Waals surface area contributed by atoms with Crippen LogP contribution in [0.1, 0.15) is 37.8 Å². The summed E-state index contributed by atoms with van der Waals surface area (Å²) in [5.41, 5.74) is 4.64. The van der Waals surface area contributed by atoms with Crippen LogP contribution in [0, 0.1) is 12.8 Å². The number of H-pyrrole nitrogens is 1. The van der Waals surface area contributed by atoms with Gasteiger partial charge in [-0.3, -0.25) is 18.6 Å². The van der Waals surface area contributed by atoms with Crippen molar-refractivity contribution in [3.05, 3.63) is 68.6 Å². The summed E-state index contributed by atoms with van der Waals surface area (Å²) in [7, 11) is 3.48. The van der Waals surface area contributed by atoms with Crippen LogP contribution in [0.3, 0.4) is 0 Å². The van der Waals surface area contributed by atoms with Crippen molar-refractivity contribution in [2.24, 2.45) is 20.0 Å². The minimum absolute atomic E-state index is 0.315. The van der Waals surface area contributed by atoms with Crippen molar-refractivity contribution in [1.82, 2.24) is 28.5 Å². The monoisotopic (exact) mass is 504 g/mol. The van der Waals surface area contributed by atoms with Gasteiger partial charge >= 0.3 is 5.69 Å². The third-order valence-corrected chi connectivity index (χ3v) is 7.08. The summed E-state index contributed by atoms with van der Waals surface area (Å²) in [4.78, 5) is 30.7. The van der Waals surface area contributed by atoms with Gasteiger partial charge in [0.15, 0.2) is 5.65 Å². The summed E-state index contributed by atoms with van der Waals surface area (Å²) in [6, 6.07) is 8.24. The third kappa shape index (κ3) is 4.01. The molecule has 188 valence electrons. The second-order valence-electron chi connectivity index (χ2n) is 9.46. The lowest BCUT2D eigenvalue weighted by Gasteiger charge is -2.09. The topological polar surface area (TPSA) is 82.5 Å². The van der Waals surface area contributed by atoms with Crippen molar-refractivity contribution in [2.75, 3.05) is 0 Å². The summed E-state index contributed by atoms with van der Waals surface area (Å²) in [6.45, 7) is 7.11. The van der Waals surface area contributed by atoms with Gasteiger partial charge in [0.25, 0.3) is 5.56 Å². The molecule has 6 rings (SSSR count). The van der Waals surface area contributed by atoms with E-state index in [1.807, 2.05) is 48.6 Å². The highest BCUT2D eigenvalue weighted by Gasteiger charge is 2.28. The lowest BCUT2D eigenvalue weighted by atomic mass is 10.1. The molecule has 0 bridgehead atoms. The smallest absolute Gasteiger partial charge is 0.332 e. The zero-order valence-electron chi connectivity index (χ0n) is 21.4. The molecule has 0 unspecified atom stereocenters. The summed E-state index contributed by atoms with van der Waals surface area (Å²) in [5, 5.41) is 6.49. The predicted octanol–water partition coefficient (Wildman–Crippen LogP) is 4.47. The van der Waals surface area contributed by atoms with Crippen LogP contribution >= 0.6 is 12.6 Å². The summed E-state index contributed by atoms with van der Waals surface area (Å²) >= 11 is 4.53. The number of aryl methyl sites for hydroxylation is 2. The Labute approximate surface area is 214 Å². The van der Waals surface area contributed by atoms with Crippen LogP contribution in [0.25, 0.3) is 33.3 Å². The van der Waals surface area contributed by atoms with E-state index in [2.05, 4.69) is 42.7 Å². The number of hydrogen-bond acceptors (Lipinski definition) is 4. The van der Waals surface area contributed by atoms with Crippen LogP contribution in [0.15, 0.2) is 51.1 Å². The van der Waals surface area contributed by atoms with Crippen LogP contribution in [-0.2, 0) is 27.2 Å². The number of benzene rings is 1. The number of nitrogens with zero attached hydrogens (tertiary/aromatic N) is 5. The molecule has 1 aliphatic carbocycles. The number of fused-ring (bicyclic) bond motifs is 2. The fourth-order valence-corrected chi connectivity index (χ4v) is 5.12. The molecular weight excluding hydrogens is 472 g/mol. The normalized spacial score (nSPS) is 13.4. The Balaban J connectivity index is 0.00000130. The van der Waals surface area contributed by atoms with Crippen LogP contribution in [0.5, 0.6) is 0 Å². The molecule has 5 aromatic rings. The minimum Gasteiger partial charge on any atom is -0.361 e. The fraction of sp³-hybridized carbons (Fsp3) is 0.370. The fourth-order valence-electron chi connectivity index (χ4n) is 4.83. The van der Waals surface area contributed by atoms with Crippen molar-refractivity contribution in [3.8, 4) is 11.4 Å². The van der Waals surface area contributed by atoms with Crippen LogP contribution in [-0.4, -0.2) is 28.5 Å². The standard InChI is InChI=1S/C25H26N6O2S.C2H6/c1-14-4-7-19-18(8-14)16(10-26-19)12-31-22(20-9-17(34)13-28(20)2)21-23(27-31)30(11-15-5-6-15)25(33)29(3)24(21)32;1-2/h4,7-10,13,15,26,34H,5-6,11-12H2,1-3H3;1-2H3. The number of rotatable bonds is 5. The maximum absolute atomic E-state index is 13.4. The van der Waals surface area contributed by atoms with E-state index >= 15 is 0 Å². The number of nitrogens with one attached hydrogen (secondary N) is 1. The largest absolute Gasteiger partial charge is 0.361 e. The first-order valence-electron chi connectivity index (χ1n) is 12.4. The number of thiol groups is 1. The molecule has 0 amide bonds. The summed E-state index contributed by atoms with van der Waals surface area (Å²) in [5.74, 6) is 0.461. The van der Waals surface area contributed by atoms with E-state index < -0.39 is 0 Å². The number of aromatic nitrogens is 6. The van der Waals surface area contributed by atoms with E-state index in [-0.39, 0.29) is 11.2 Å². The molecule has 0 radical (unpaired) electrons. The molecule has 1 saturated carbocycles. The van der Waals surface area contributed by atoms with Gasteiger partial charge in [-0.2, -0.15) is 5.10 Å². The van der Waals surface area contributed by atoms with Gasteiger partial charge in [-0.05, 0) is 49.4 Å².